The summed E-state index contributed by atoms with van der Waals surface area (Å²) in [6, 6.07) is 33.1. The van der Waals surface area contributed by atoms with E-state index in [4.69, 9.17) is 9.97 Å². The molecule has 4 aromatic carbocycles. The Morgan fingerprint density at radius 2 is 1.42 bits per heavy atom. The number of hydrogen-bond acceptors (Lipinski definition) is 3. The fourth-order valence-corrected chi connectivity index (χ4v) is 8.04. The van der Waals surface area contributed by atoms with Crippen molar-refractivity contribution in [2.24, 2.45) is 0 Å². The van der Waals surface area contributed by atoms with Gasteiger partial charge in [-0.25, -0.2) is 9.97 Å². The average molecular weight is 640 g/mol. The lowest BCUT2D eigenvalue weighted by Gasteiger charge is -2.11. The van der Waals surface area contributed by atoms with Gasteiger partial charge in [-0.15, -0.1) is 11.3 Å². The first kappa shape index (κ1) is 30.0. The molecule has 0 fully saturated rings. The molecule has 0 unspecified atom stereocenters. The number of aromatic nitrogens is 3. The quantitative estimate of drug-likeness (QED) is 0.192. The molecule has 3 aromatic heterocycles. The van der Waals surface area contributed by atoms with Crippen molar-refractivity contribution in [2.45, 2.75) is 40.0 Å². The minimum absolute atomic E-state index is 0.784. The van der Waals surface area contributed by atoms with Crippen molar-refractivity contribution in [3.05, 3.63) is 151 Å². The molecular formula is C44H37N3S. The molecule has 2 aliphatic carbocycles. The molecular weight excluding hydrogens is 603 g/mol. The number of nitrogens with zero attached hydrogens (tertiary/aromatic N) is 3. The summed E-state index contributed by atoms with van der Waals surface area (Å²) in [5, 5.41) is 3.72. The molecule has 0 radical (unpaired) electrons. The minimum Gasteiger partial charge on any atom is -0.309 e. The summed E-state index contributed by atoms with van der Waals surface area (Å²) < 4.78 is 4.76. The van der Waals surface area contributed by atoms with Gasteiger partial charge in [0.2, 0.25) is 0 Å². The molecule has 2 aliphatic rings. The molecule has 0 spiro atoms. The summed E-state index contributed by atoms with van der Waals surface area (Å²) in [6.07, 6.45) is 18.7. The Morgan fingerprint density at radius 1 is 0.667 bits per heavy atom. The van der Waals surface area contributed by atoms with E-state index in [1.54, 1.807) is 11.3 Å². The van der Waals surface area contributed by atoms with Crippen molar-refractivity contribution in [2.75, 3.05) is 0 Å². The molecule has 3 nitrogen and oxygen atoms in total. The summed E-state index contributed by atoms with van der Waals surface area (Å²) in [6.45, 7) is 6.15. The van der Waals surface area contributed by atoms with Gasteiger partial charge in [-0.1, -0.05) is 110 Å². The number of benzene rings is 4. The zero-order valence-corrected chi connectivity index (χ0v) is 28.4. The molecule has 0 amide bonds. The van der Waals surface area contributed by atoms with Crippen LogP contribution in [-0.2, 0) is 0 Å². The van der Waals surface area contributed by atoms with Crippen LogP contribution in [0.15, 0.2) is 139 Å². The third kappa shape index (κ3) is 5.23. The number of allylic oxidation sites excluding steroid dienone is 10. The Balaban J connectivity index is 0.00000165. The second-order valence-corrected chi connectivity index (χ2v) is 13.2. The molecule has 234 valence electrons. The number of hydrogen-bond donors (Lipinski definition) is 0. The van der Waals surface area contributed by atoms with Crippen molar-refractivity contribution in [3.8, 4) is 16.8 Å². The number of thiophene rings is 1. The first-order valence-corrected chi connectivity index (χ1v) is 17.8. The zero-order valence-electron chi connectivity index (χ0n) is 27.6. The van der Waals surface area contributed by atoms with Crippen LogP contribution in [0.5, 0.6) is 0 Å². The standard InChI is InChI=1S/C42H31N3S.C2H6/c1-27-12-5-6-15-31(24-27)42-43-39(28-13-3-2-4-14-28)41-40(44-42)35-26-30(22-23-38(35)46-41)29-16-11-17-32(25-29)45-36-20-9-7-18-33(36)34-19-8-10-21-37(34)45;1-2/h3,6-26H,2,4-5H2,1H3;1-2H3. The van der Waals surface area contributed by atoms with E-state index in [-0.39, 0.29) is 0 Å². The molecule has 0 N–H and O–H groups in total. The SMILES string of the molecule is CC.CC1=CCC=CC(c2nc(C3=CCCC=C3)c3sc4ccc(-c5cccc(-n6c7ccccc7c7ccccc76)c5)cc4c3n2)=C1. The van der Waals surface area contributed by atoms with Gasteiger partial charge in [0.25, 0.3) is 0 Å². The van der Waals surface area contributed by atoms with E-state index in [0.717, 1.165) is 52.3 Å². The molecule has 9 rings (SSSR count). The predicted octanol–water partition coefficient (Wildman–Crippen LogP) is 12.7. The third-order valence-corrected chi connectivity index (χ3v) is 10.3. The first-order chi connectivity index (χ1) is 23.7. The van der Waals surface area contributed by atoms with Gasteiger partial charge in [-0.05, 0) is 85.4 Å². The maximum absolute atomic E-state index is 5.28. The van der Waals surface area contributed by atoms with Crippen LogP contribution in [0.1, 0.15) is 51.6 Å². The Bertz CT molecular complexity index is 2460. The van der Waals surface area contributed by atoms with E-state index >= 15 is 0 Å². The van der Waals surface area contributed by atoms with E-state index in [1.807, 2.05) is 13.8 Å². The van der Waals surface area contributed by atoms with E-state index in [9.17, 15) is 0 Å². The number of para-hydroxylation sites is 2. The smallest absolute Gasteiger partial charge is 0.160 e. The molecule has 0 saturated heterocycles. The topological polar surface area (TPSA) is 30.7 Å². The molecule has 0 aliphatic heterocycles. The second-order valence-electron chi connectivity index (χ2n) is 12.1. The highest BCUT2D eigenvalue weighted by molar-refractivity contribution is 7.26. The van der Waals surface area contributed by atoms with Crippen LogP contribution >= 0.6 is 11.3 Å². The number of fused-ring (bicyclic) bond motifs is 6. The summed E-state index contributed by atoms with van der Waals surface area (Å²) >= 11 is 1.80. The number of rotatable bonds is 4. The first-order valence-electron chi connectivity index (χ1n) is 17.0. The van der Waals surface area contributed by atoms with Gasteiger partial charge < -0.3 is 4.57 Å². The lowest BCUT2D eigenvalue weighted by atomic mass is 10.0. The van der Waals surface area contributed by atoms with Gasteiger partial charge in [0.1, 0.15) is 0 Å². The second kappa shape index (κ2) is 12.7. The van der Waals surface area contributed by atoms with Crippen LogP contribution in [0.2, 0.25) is 0 Å². The third-order valence-electron chi connectivity index (χ3n) is 9.11. The molecule has 0 atom stereocenters. The van der Waals surface area contributed by atoms with E-state index in [1.165, 1.54) is 54.2 Å². The predicted molar refractivity (Wildman–Crippen MR) is 208 cm³/mol. The Morgan fingerprint density at radius 3 is 2.19 bits per heavy atom. The van der Waals surface area contributed by atoms with Gasteiger partial charge >= 0.3 is 0 Å². The van der Waals surface area contributed by atoms with Crippen LogP contribution in [0, 0.1) is 0 Å². The highest BCUT2D eigenvalue weighted by atomic mass is 32.1. The van der Waals surface area contributed by atoms with Gasteiger partial charge in [0, 0.05) is 32.1 Å². The van der Waals surface area contributed by atoms with E-state index in [2.05, 4.69) is 145 Å². The largest absolute Gasteiger partial charge is 0.309 e. The van der Waals surface area contributed by atoms with Gasteiger partial charge in [0.15, 0.2) is 5.82 Å². The molecule has 3 heterocycles. The lowest BCUT2D eigenvalue weighted by Crippen LogP contribution is -1.99. The van der Waals surface area contributed by atoms with Crippen molar-refractivity contribution < 1.29 is 0 Å². The van der Waals surface area contributed by atoms with Crippen LogP contribution in [0.4, 0.5) is 0 Å². The molecule has 48 heavy (non-hydrogen) atoms. The van der Waals surface area contributed by atoms with Crippen LogP contribution in [0.25, 0.3) is 70.1 Å². The molecule has 0 saturated carbocycles. The summed E-state index contributed by atoms with van der Waals surface area (Å²) in [7, 11) is 0. The fraction of sp³-hybridized carbons (Fsp3) is 0.136. The zero-order chi connectivity index (χ0) is 32.6. The summed E-state index contributed by atoms with van der Waals surface area (Å²) in [5.41, 5.74) is 11.5. The molecule has 0 bridgehead atoms. The van der Waals surface area contributed by atoms with Crippen LogP contribution in [0.3, 0.4) is 0 Å². The maximum atomic E-state index is 5.28. The molecule has 4 heteroatoms. The normalized spacial score (nSPS) is 14.5. The summed E-state index contributed by atoms with van der Waals surface area (Å²) in [5.74, 6) is 0.784. The van der Waals surface area contributed by atoms with Crippen molar-refractivity contribution in [3.63, 3.8) is 0 Å². The fourth-order valence-electron chi connectivity index (χ4n) is 6.90. The Labute approximate surface area is 285 Å². The van der Waals surface area contributed by atoms with E-state index in [0.29, 0.717) is 0 Å². The average Bonchev–Trinajstić information content (AvgIpc) is 3.60. The van der Waals surface area contributed by atoms with Crippen LogP contribution < -0.4 is 0 Å². The highest BCUT2D eigenvalue weighted by Gasteiger charge is 2.19. The Hall–Kier alpha value is -5.32. The highest BCUT2D eigenvalue weighted by Crippen LogP contribution is 2.41. The summed E-state index contributed by atoms with van der Waals surface area (Å²) in [4.78, 5) is 10.5. The maximum Gasteiger partial charge on any atom is 0.160 e. The lowest BCUT2D eigenvalue weighted by molar-refractivity contribution is 1.04. The Kier molecular flexibility index (Phi) is 7.95. The van der Waals surface area contributed by atoms with Gasteiger partial charge in [-0.2, -0.15) is 0 Å². The van der Waals surface area contributed by atoms with Gasteiger partial charge in [-0.3, -0.25) is 0 Å². The van der Waals surface area contributed by atoms with Crippen molar-refractivity contribution >= 4 is 64.6 Å². The van der Waals surface area contributed by atoms with Crippen molar-refractivity contribution in [1.29, 1.82) is 0 Å². The minimum atomic E-state index is 0.784. The molecule has 7 aromatic rings. The van der Waals surface area contributed by atoms with E-state index < -0.39 is 0 Å². The van der Waals surface area contributed by atoms with Gasteiger partial charge in [0.05, 0.1) is 26.9 Å². The monoisotopic (exact) mass is 639 g/mol. The van der Waals surface area contributed by atoms with Crippen molar-refractivity contribution in [1.82, 2.24) is 14.5 Å². The van der Waals surface area contributed by atoms with Crippen LogP contribution in [-0.4, -0.2) is 14.5 Å².